The zero-order valence-corrected chi connectivity index (χ0v) is 20.3. The molecule has 6 nitrogen and oxygen atoms in total. The molecule has 0 N–H and O–H groups in total. The number of ether oxygens (including phenoxy) is 1. The summed E-state index contributed by atoms with van der Waals surface area (Å²) in [5.41, 5.74) is 0. The minimum Gasteiger partial charge on any atom is -0.466 e. The molecule has 3 rings (SSSR count). The van der Waals surface area contributed by atoms with E-state index in [1.54, 1.807) is 6.92 Å². The van der Waals surface area contributed by atoms with E-state index < -0.39 is 19.7 Å². The van der Waals surface area contributed by atoms with Gasteiger partial charge in [0.1, 0.15) is 9.84 Å². The Bertz CT molecular complexity index is 574. The van der Waals surface area contributed by atoms with Gasteiger partial charge in [0.2, 0.25) is 0 Å². The van der Waals surface area contributed by atoms with Crippen LogP contribution in [0.1, 0.15) is 86.5 Å². The number of sulfone groups is 2. The molecule has 170 valence electrons. The van der Waals surface area contributed by atoms with Gasteiger partial charge < -0.3 is 4.74 Å². The highest BCUT2D eigenvalue weighted by Gasteiger charge is 2.32. The average Bonchev–Trinajstić information content (AvgIpc) is 3.03. The maximum Gasteiger partial charge on any atom is 0.305 e. The lowest BCUT2D eigenvalue weighted by atomic mass is 10.1. The molecule has 3 fully saturated rings. The van der Waals surface area contributed by atoms with Crippen molar-refractivity contribution in [3.8, 4) is 0 Å². The van der Waals surface area contributed by atoms with Gasteiger partial charge in [0.05, 0.1) is 29.1 Å². The molecule has 3 aliphatic rings. The van der Waals surface area contributed by atoms with Crippen LogP contribution >= 0.6 is 0 Å². The Kier molecular flexibility index (Phi) is 17.1. The largest absolute Gasteiger partial charge is 0.466 e. The lowest BCUT2D eigenvalue weighted by Gasteiger charge is -1.96. The molecule has 0 bridgehead atoms. The third kappa shape index (κ3) is 14.4. The summed E-state index contributed by atoms with van der Waals surface area (Å²) in [6.45, 7) is 12.4. The molecule has 0 aromatic carbocycles. The van der Waals surface area contributed by atoms with E-state index in [0.717, 1.165) is 38.5 Å². The molecule has 0 amide bonds. The molecule has 3 heterocycles. The molecule has 0 spiro atoms. The highest BCUT2D eigenvalue weighted by Crippen LogP contribution is 2.24. The molecule has 8 heteroatoms. The van der Waals surface area contributed by atoms with Crippen LogP contribution in [-0.4, -0.2) is 51.9 Å². The Balaban J connectivity index is 0. The zero-order valence-electron chi connectivity index (χ0n) is 18.7. The van der Waals surface area contributed by atoms with Crippen LogP contribution in [0, 0.1) is 5.92 Å². The Morgan fingerprint density at radius 1 is 0.821 bits per heavy atom. The molecule has 0 radical (unpaired) electrons. The van der Waals surface area contributed by atoms with Gasteiger partial charge in [-0.05, 0) is 51.4 Å². The summed E-state index contributed by atoms with van der Waals surface area (Å²) < 4.78 is 47.6. The number of rotatable bonds is 0. The Hall–Kier alpha value is -0.630. The van der Waals surface area contributed by atoms with E-state index in [2.05, 4.69) is 0 Å². The molecule has 28 heavy (non-hydrogen) atoms. The van der Waals surface area contributed by atoms with Crippen molar-refractivity contribution in [2.75, 3.05) is 23.9 Å². The fraction of sp³-hybridized carbons (Fsp3) is 0.950. The summed E-state index contributed by atoms with van der Waals surface area (Å²) in [7, 11) is -5.22. The number of hydrogen-bond acceptors (Lipinski definition) is 6. The van der Waals surface area contributed by atoms with Crippen LogP contribution in [0.25, 0.3) is 0 Å². The number of esters is 1. The molecule has 0 aromatic heterocycles. The van der Waals surface area contributed by atoms with Crippen molar-refractivity contribution >= 4 is 25.6 Å². The first-order chi connectivity index (χ1) is 13.1. The fourth-order valence-electron chi connectivity index (χ4n) is 2.89. The Labute approximate surface area is 173 Å². The highest BCUT2D eigenvalue weighted by atomic mass is 32.2. The van der Waals surface area contributed by atoms with Gasteiger partial charge in [0.15, 0.2) is 9.84 Å². The van der Waals surface area contributed by atoms with Gasteiger partial charge in [-0.2, -0.15) is 0 Å². The van der Waals surface area contributed by atoms with Crippen LogP contribution in [0.15, 0.2) is 0 Å². The van der Waals surface area contributed by atoms with Gasteiger partial charge >= 0.3 is 5.97 Å². The summed E-state index contributed by atoms with van der Waals surface area (Å²) in [5, 5.41) is -0.0903. The van der Waals surface area contributed by atoms with E-state index in [-0.39, 0.29) is 11.2 Å². The van der Waals surface area contributed by atoms with Gasteiger partial charge in [0.25, 0.3) is 0 Å². The third-order valence-corrected chi connectivity index (χ3v) is 8.59. The van der Waals surface area contributed by atoms with Gasteiger partial charge in [-0.1, -0.05) is 34.6 Å². The number of carbonyl (C=O) groups excluding carboxylic acids is 1. The van der Waals surface area contributed by atoms with E-state index in [9.17, 15) is 21.6 Å². The van der Waals surface area contributed by atoms with Crippen molar-refractivity contribution < 1.29 is 26.4 Å². The summed E-state index contributed by atoms with van der Waals surface area (Å²) in [6.07, 6.45) is 6.43. The maximum atomic E-state index is 11.0. The minimum absolute atomic E-state index is 0.0255. The predicted molar refractivity (Wildman–Crippen MR) is 117 cm³/mol. The first-order valence-corrected chi connectivity index (χ1v) is 14.2. The normalized spacial score (nSPS) is 26.9. The summed E-state index contributed by atoms with van der Waals surface area (Å²) in [4.78, 5) is 10.5. The summed E-state index contributed by atoms with van der Waals surface area (Å²) in [5.74, 6) is 1.60. The second-order valence-corrected chi connectivity index (χ2v) is 11.6. The van der Waals surface area contributed by atoms with Crippen LogP contribution in [0.5, 0.6) is 0 Å². The van der Waals surface area contributed by atoms with E-state index in [1.165, 1.54) is 0 Å². The van der Waals surface area contributed by atoms with E-state index in [1.807, 2.05) is 34.6 Å². The molecule has 0 saturated carbocycles. The highest BCUT2D eigenvalue weighted by molar-refractivity contribution is 7.92. The molecule has 2 unspecified atom stereocenters. The van der Waals surface area contributed by atoms with Crippen molar-refractivity contribution in [1.29, 1.82) is 0 Å². The summed E-state index contributed by atoms with van der Waals surface area (Å²) >= 11 is 0. The smallest absolute Gasteiger partial charge is 0.305 e. The van der Waals surface area contributed by atoms with Crippen molar-refractivity contribution in [2.45, 2.75) is 91.7 Å². The van der Waals surface area contributed by atoms with Crippen LogP contribution in [-0.2, 0) is 29.2 Å². The van der Waals surface area contributed by atoms with Crippen LogP contribution in [0.3, 0.4) is 0 Å². The standard InChI is InChI=1S/C6H12O2S.C6H10O2.C4H8O2S.2C2H6/c1-5-3-6(2)9(7,8)4-5;7-6-4-2-1-3-5-8-6;5-7(6)3-1-2-4-7;2*1-2/h5-6H,3-4H2,1-2H3;1-5H2;1-4H2;2*1-2H3. The SMILES string of the molecule is CC.CC.CC1CC(C)S(=O)(=O)C1.O=C1CCCCCO1.O=S1(=O)CCCC1. The van der Waals surface area contributed by atoms with Gasteiger partial charge in [-0.25, -0.2) is 16.8 Å². The number of cyclic esters (lactones) is 1. The molecule has 3 saturated heterocycles. The zero-order chi connectivity index (χ0) is 22.2. The van der Waals surface area contributed by atoms with Gasteiger partial charge in [-0.3, -0.25) is 4.79 Å². The topological polar surface area (TPSA) is 94.6 Å². The second kappa shape index (κ2) is 16.2. The monoisotopic (exact) mass is 442 g/mol. The quantitative estimate of drug-likeness (QED) is 0.522. The average molecular weight is 443 g/mol. The summed E-state index contributed by atoms with van der Waals surface area (Å²) in [6, 6.07) is 0. The maximum absolute atomic E-state index is 11.0. The van der Waals surface area contributed by atoms with Gasteiger partial charge in [-0.15, -0.1) is 0 Å². The van der Waals surface area contributed by atoms with Crippen LogP contribution in [0.2, 0.25) is 0 Å². The van der Waals surface area contributed by atoms with Crippen LogP contribution in [0.4, 0.5) is 0 Å². The predicted octanol–water partition coefficient (Wildman–Crippen LogP) is 4.18. The molecular weight excluding hydrogens is 400 g/mol. The number of carbonyl (C=O) groups is 1. The Morgan fingerprint density at radius 2 is 1.36 bits per heavy atom. The van der Waals surface area contributed by atoms with E-state index in [4.69, 9.17) is 4.74 Å². The second-order valence-electron chi connectivity index (χ2n) is 6.87. The van der Waals surface area contributed by atoms with Crippen LogP contribution < -0.4 is 0 Å². The molecule has 2 atom stereocenters. The minimum atomic E-state index is -2.67. The number of hydrogen-bond donors (Lipinski definition) is 0. The first-order valence-electron chi connectivity index (χ1n) is 10.7. The van der Waals surface area contributed by atoms with Gasteiger partial charge in [0, 0.05) is 6.42 Å². The van der Waals surface area contributed by atoms with Crippen molar-refractivity contribution in [3.05, 3.63) is 0 Å². The van der Waals surface area contributed by atoms with Crippen molar-refractivity contribution in [2.24, 2.45) is 5.92 Å². The molecule has 3 aliphatic heterocycles. The lowest BCUT2D eigenvalue weighted by molar-refractivity contribution is -0.142. The third-order valence-electron chi connectivity index (χ3n) is 4.31. The first kappa shape index (κ1) is 29.6. The van der Waals surface area contributed by atoms with E-state index in [0.29, 0.717) is 36.2 Å². The molecular formula is C20H42O6S2. The lowest BCUT2D eigenvalue weighted by Crippen LogP contribution is -2.10. The molecule has 0 aromatic rings. The van der Waals surface area contributed by atoms with E-state index >= 15 is 0 Å². The fourth-order valence-corrected chi connectivity index (χ4v) is 6.27. The van der Waals surface area contributed by atoms with Crippen molar-refractivity contribution in [1.82, 2.24) is 0 Å². The Morgan fingerprint density at radius 3 is 1.68 bits per heavy atom. The van der Waals surface area contributed by atoms with Crippen molar-refractivity contribution in [3.63, 3.8) is 0 Å². The molecule has 0 aliphatic carbocycles.